The molecule has 1 aliphatic heterocycles. The minimum absolute atomic E-state index is 0.0298. The predicted octanol–water partition coefficient (Wildman–Crippen LogP) is 3.80. The molecule has 0 atom stereocenters. The van der Waals surface area contributed by atoms with Crippen LogP contribution in [-0.4, -0.2) is 45.5 Å². The lowest BCUT2D eigenvalue weighted by Crippen LogP contribution is -2.46. The molecule has 0 aromatic heterocycles. The topological polar surface area (TPSA) is 58.6 Å². The standard InChI is InChI=1S/C23H32N2O3S/c1-18(2)20-5-4-6-23(17-20)29(26,27)25(21-11-14-24-15-12-21)16-13-19-7-9-22(28-3)10-8-19/h4-10,17-18,21,24H,11-16H2,1-3H3. The highest BCUT2D eigenvalue weighted by atomic mass is 32.2. The smallest absolute Gasteiger partial charge is 0.243 e. The third-order valence-corrected chi connectivity index (χ3v) is 7.58. The van der Waals surface area contributed by atoms with Crippen molar-refractivity contribution in [1.82, 2.24) is 9.62 Å². The van der Waals surface area contributed by atoms with E-state index in [2.05, 4.69) is 19.2 Å². The quantitative estimate of drug-likeness (QED) is 0.711. The van der Waals surface area contributed by atoms with Gasteiger partial charge in [0.05, 0.1) is 12.0 Å². The number of hydrogen-bond donors (Lipinski definition) is 1. The number of rotatable bonds is 8. The normalized spacial score (nSPS) is 15.8. The van der Waals surface area contributed by atoms with E-state index in [1.165, 1.54) is 0 Å². The lowest BCUT2D eigenvalue weighted by molar-refractivity contribution is 0.264. The molecule has 2 aromatic carbocycles. The van der Waals surface area contributed by atoms with Crippen LogP contribution in [0.1, 0.15) is 43.7 Å². The third-order valence-electron chi connectivity index (χ3n) is 5.63. The Labute approximate surface area is 175 Å². The minimum atomic E-state index is -3.56. The highest BCUT2D eigenvalue weighted by Crippen LogP contribution is 2.26. The van der Waals surface area contributed by atoms with Crippen LogP contribution in [0.15, 0.2) is 53.4 Å². The van der Waals surface area contributed by atoms with Gasteiger partial charge in [-0.05, 0) is 73.7 Å². The highest BCUT2D eigenvalue weighted by molar-refractivity contribution is 7.89. The Hall–Kier alpha value is -1.89. The molecule has 1 fully saturated rings. The van der Waals surface area contributed by atoms with Crippen LogP contribution in [0.5, 0.6) is 5.75 Å². The maximum atomic E-state index is 13.6. The van der Waals surface area contributed by atoms with Crippen molar-refractivity contribution in [1.29, 1.82) is 0 Å². The van der Waals surface area contributed by atoms with E-state index >= 15 is 0 Å². The van der Waals surface area contributed by atoms with Crippen LogP contribution in [0, 0.1) is 0 Å². The van der Waals surface area contributed by atoms with Gasteiger partial charge in [0.2, 0.25) is 10.0 Å². The van der Waals surface area contributed by atoms with Gasteiger partial charge in [-0.15, -0.1) is 0 Å². The van der Waals surface area contributed by atoms with Gasteiger partial charge in [0, 0.05) is 12.6 Å². The van der Waals surface area contributed by atoms with Gasteiger partial charge in [0.1, 0.15) is 5.75 Å². The maximum Gasteiger partial charge on any atom is 0.243 e. The summed E-state index contributed by atoms with van der Waals surface area (Å²) >= 11 is 0. The van der Waals surface area contributed by atoms with Crippen LogP contribution in [-0.2, 0) is 16.4 Å². The molecule has 5 nitrogen and oxygen atoms in total. The van der Waals surface area contributed by atoms with E-state index in [1.54, 1.807) is 17.5 Å². The van der Waals surface area contributed by atoms with Gasteiger partial charge in [-0.3, -0.25) is 0 Å². The Bertz CT molecular complexity index is 889. The van der Waals surface area contributed by atoms with Crippen molar-refractivity contribution in [2.45, 2.75) is 50.0 Å². The van der Waals surface area contributed by atoms with Crippen molar-refractivity contribution in [2.24, 2.45) is 0 Å². The molecule has 1 heterocycles. The number of methoxy groups -OCH3 is 1. The Morgan fingerprint density at radius 3 is 2.41 bits per heavy atom. The number of ether oxygens (including phenoxy) is 1. The van der Waals surface area contributed by atoms with Gasteiger partial charge in [-0.2, -0.15) is 4.31 Å². The molecular formula is C23H32N2O3S. The number of piperidine rings is 1. The molecule has 0 amide bonds. The van der Waals surface area contributed by atoms with E-state index in [0.717, 1.165) is 42.8 Å². The molecule has 2 aromatic rings. The van der Waals surface area contributed by atoms with Crippen LogP contribution >= 0.6 is 0 Å². The first-order valence-electron chi connectivity index (χ1n) is 10.4. The average molecular weight is 417 g/mol. The fourth-order valence-electron chi connectivity index (χ4n) is 3.79. The van der Waals surface area contributed by atoms with Crippen LogP contribution in [0.2, 0.25) is 0 Å². The molecule has 1 aliphatic rings. The zero-order chi connectivity index (χ0) is 20.9. The molecular weight excluding hydrogens is 384 g/mol. The second-order valence-electron chi connectivity index (χ2n) is 7.92. The first kappa shape index (κ1) is 21.8. The monoisotopic (exact) mass is 416 g/mol. The van der Waals surface area contributed by atoms with Gasteiger partial charge in [0.25, 0.3) is 0 Å². The Morgan fingerprint density at radius 1 is 1.10 bits per heavy atom. The van der Waals surface area contributed by atoms with Crippen molar-refractivity contribution in [3.63, 3.8) is 0 Å². The summed E-state index contributed by atoms with van der Waals surface area (Å²) in [5, 5.41) is 3.34. The maximum absolute atomic E-state index is 13.6. The van der Waals surface area contributed by atoms with E-state index in [4.69, 9.17) is 4.74 Å². The van der Waals surface area contributed by atoms with Crippen LogP contribution in [0.4, 0.5) is 0 Å². The Kier molecular flexibility index (Phi) is 7.33. The van der Waals surface area contributed by atoms with E-state index in [1.807, 2.05) is 42.5 Å². The summed E-state index contributed by atoms with van der Waals surface area (Å²) in [5.74, 6) is 1.10. The second kappa shape index (κ2) is 9.74. The molecule has 1 saturated heterocycles. The molecule has 29 heavy (non-hydrogen) atoms. The van der Waals surface area contributed by atoms with E-state index in [-0.39, 0.29) is 12.0 Å². The van der Waals surface area contributed by atoms with Gasteiger partial charge in [0.15, 0.2) is 0 Å². The molecule has 0 bridgehead atoms. The van der Waals surface area contributed by atoms with Crippen LogP contribution in [0.3, 0.4) is 0 Å². The molecule has 0 aliphatic carbocycles. The van der Waals surface area contributed by atoms with Gasteiger partial charge < -0.3 is 10.1 Å². The number of nitrogens with one attached hydrogen (secondary N) is 1. The van der Waals surface area contributed by atoms with Gasteiger partial charge in [-0.1, -0.05) is 38.1 Å². The average Bonchev–Trinajstić information content (AvgIpc) is 2.75. The molecule has 0 radical (unpaired) electrons. The molecule has 6 heteroatoms. The number of hydrogen-bond acceptors (Lipinski definition) is 4. The summed E-state index contributed by atoms with van der Waals surface area (Å²) in [6, 6.07) is 15.3. The predicted molar refractivity (Wildman–Crippen MR) is 117 cm³/mol. The molecule has 1 N–H and O–H groups in total. The fourth-order valence-corrected chi connectivity index (χ4v) is 5.54. The first-order valence-corrected chi connectivity index (χ1v) is 11.8. The van der Waals surface area contributed by atoms with Crippen molar-refractivity contribution >= 4 is 10.0 Å². The first-order chi connectivity index (χ1) is 13.9. The van der Waals surface area contributed by atoms with Crippen molar-refractivity contribution in [3.05, 3.63) is 59.7 Å². The summed E-state index contributed by atoms with van der Waals surface area (Å²) in [4.78, 5) is 0.400. The lowest BCUT2D eigenvalue weighted by atomic mass is 10.0. The van der Waals surface area contributed by atoms with Crippen molar-refractivity contribution in [2.75, 3.05) is 26.7 Å². The van der Waals surface area contributed by atoms with Crippen molar-refractivity contribution < 1.29 is 13.2 Å². The second-order valence-corrected chi connectivity index (χ2v) is 9.81. The molecule has 0 saturated carbocycles. The minimum Gasteiger partial charge on any atom is -0.497 e. The fraction of sp³-hybridized carbons (Fsp3) is 0.478. The molecule has 158 valence electrons. The lowest BCUT2D eigenvalue weighted by Gasteiger charge is -2.34. The summed E-state index contributed by atoms with van der Waals surface area (Å²) in [6.45, 7) is 6.35. The zero-order valence-electron chi connectivity index (χ0n) is 17.6. The van der Waals surface area contributed by atoms with Gasteiger partial charge >= 0.3 is 0 Å². The summed E-state index contributed by atoms with van der Waals surface area (Å²) in [6.07, 6.45) is 2.36. The SMILES string of the molecule is COc1ccc(CCN(C2CCNCC2)S(=O)(=O)c2cccc(C(C)C)c2)cc1. The van der Waals surface area contributed by atoms with E-state index in [9.17, 15) is 8.42 Å². The largest absolute Gasteiger partial charge is 0.497 e. The summed E-state index contributed by atoms with van der Waals surface area (Å²) in [5.41, 5.74) is 2.15. The summed E-state index contributed by atoms with van der Waals surface area (Å²) < 4.78 is 34.2. The van der Waals surface area contributed by atoms with E-state index in [0.29, 0.717) is 17.9 Å². The van der Waals surface area contributed by atoms with Gasteiger partial charge in [-0.25, -0.2) is 8.42 Å². The summed E-state index contributed by atoms with van der Waals surface area (Å²) in [7, 11) is -1.91. The number of sulfonamides is 1. The van der Waals surface area contributed by atoms with E-state index < -0.39 is 10.0 Å². The Morgan fingerprint density at radius 2 is 1.79 bits per heavy atom. The number of benzene rings is 2. The molecule has 0 spiro atoms. The highest BCUT2D eigenvalue weighted by Gasteiger charge is 2.32. The Balaban J connectivity index is 1.86. The number of nitrogens with zero attached hydrogens (tertiary/aromatic N) is 1. The van der Waals surface area contributed by atoms with Crippen molar-refractivity contribution in [3.8, 4) is 5.75 Å². The van der Waals surface area contributed by atoms with Crippen LogP contribution in [0.25, 0.3) is 0 Å². The van der Waals surface area contributed by atoms with Crippen LogP contribution < -0.4 is 10.1 Å². The zero-order valence-corrected chi connectivity index (χ0v) is 18.4. The molecule has 0 unspecified atom stereocenters. The third kappa shape index (κ3) is 5.38. The molecule has 3 rings (SSSR count).